The van der Waals surface area contributed by atoms with E-state index < -0.39 is 18.7 Å². The van der Waals surface area contributed by atoms with Gasteiger partial charge in [0.05, 0.1) is 5.56 Å². The van der Waals surface area contributed by atoms with Crippen LogP contribution in [0.2, 0.25) is 0 Å². The van der Waals surface area contributed by atoms with Crippen LogP contribution in [-0.2, 0) is 0 Å². The van der Waals surface area contributed by atoms with Crippen LogP contribution in [0.5, 0.6) is 5.88 Å². The summed E-state index contributed by atoms with van der Waals surface area (Å²) in [5.41, 5.74) is 0.891. The first-order valence-corrected chi connectivity index (χ1v) is 7.07. The lowest BCUT2D eigenvalue weighted by atomic mass is 10.2. The molecule has 25 heavy (non-hydrogen) atoms. The molecule has 2 amide bonds. The van der Waals surface area contributed by atoms with Gasteiger partial charge in [0.15, 0.2) is 6.61 Å². The van der Waals surface area contributed by atoms with E-state index >= 15 is 0 Å². The van der Waals surface area contributed by atoms with Gasteiger partial charge in [0.2, 0.25) is 5.88 Å². The van der Waals surface area contributed by atoms with Gasteiger partial charge in [-0.15, -0.1) is 0 Å². The molecule has 0 aliphatic carbocycles. The molecule has 0 saturated carbocycles. The van der Waals surface area contributed by atoms with Crippen molar-refractivity contribution in [3.05, 3.63) is 53.7 Å². The molecule has 0 saturated heterocycles. The summed E-state index contributed by atoms with van der Waals surface area (Å²) in [7, 11) is 1.49. The Labute approximate surface area is 141 Å². The molecule has 6 nitrogen and oxygen atoms in total. The summed E-state index contributed by atoms with van der Waals surface area (Å²) in [6.07, 6.45) is -3.36. The van der Waals surface area contributed by atoms with Gasteiger partial charge in [-0.2, -0.15) is 13.2 Å². The van der Waals surface area contributed by atoms with Crippen molar-refractivity contribution in [1.82, 2.24) is 10.3 Å². The molecule has 0 bridgehead atoms. The number of benzene rings is 1. The molecule has 2 N–H and O–H groups in total. The van der Waals surface area contributed by atoms with Gasteiger partial charge >= 0.3 is 6.18 Å². The van der Waals surface area contributed by atoms with Gasteiger partial charge in [-0.25, -0.2) is 4.98 Å². The molecule has 132 valence electrons. The van der Waals surface area contributed by atoms with E-state index in [0.29, 0.717) is 11.3 Å². The topological polar surface area (TPSA) is 80.3 Å². The third-order valence-electron chi connectivity index (χ3n) is 2.99. The second-order valence-electron chi connectivity index (χ2n) is 4.90. The van der Waals surface area contributed by atoms with E-state index in [1.54, 1.807) is 18.2 Å². The summed E-state index contributed by atoms with van der Waals surface area (Å²) in [5.74, 6) is -1.07. The number of pyridine rings is 1. The summed E-state index contributed by atoms with van der Waals surface area (Å²) < 4.78 is 40.6. The third kappa shape index (κ3) is 5.48. The Morgan fingerprint density at radius 2 is 1.88 bits per heavy atom. The van der Waals surface area contributed by atoms with E-state index in [4.69, 9.17) is 0 Å². The van der Waals surface area contributed by atoms with Crippen molar-refractivity contribution in [2.45, 2.75) is 6.18 Å². The average molecular weight is 353 g/mol. The molecule has 9 heteroatoms. The van der Waals surface area contributed by atoms with Gasteiger partial charge in [0, 0.05) is 30.6 Å². The molecule has 0 unspecified atom stereocenters. The molecule has 0 fully saturated rings. The number of hydrogen-bond donors (Lipinski definition) is 2. The van der Waals surface area contributed by atoms with Crippen molar-refractivity contribution in [3.63, 3.8) is 0 Å². The zero-order valence-electron chi connectivity index (χ0n) is 13.1. The highest BCUT2D eigenvalue weighted by atomic mass is 19.4. The number of ether oxygens (including phenoxy) is 1. The maximum Gasteiger partial charge on any atom is 0.422 e. The van der Waals surface area contributed by atoms with Crippen molar-refractivity contribution in [1.29, 1.82) is 0 Å². The monoisotopic (exact) mass is 353 g/mol. The predicted molar refractivity (Wildman–Crippen MR) is 83.6 cm³/mol. The van der Waals surface area contributed by atoms with Crippen molar-refractivity contribution in [2.24, 2.45) is 0 Å². The number of halogens is 3. The molecule has 1 heterocycles. The molecular weight excluding hydrogens is 339 g/mol. The Morgan fingerprint density at radius 1 is 1.12 bits per heavy atom. The van der Waals surface area contributed by atoms with Gasteiger partial charge in [0.1, 0.15) is 0 Å². The van der Waals surface area contributed by atoms with Crippen LogP contribution >= 0.6 is 0 Å². The standard InChI is InChI=1S/C16H14F3N3O3/c1-20-14(23)10-3-2-4-12(7-10)22-15(24)11-5-6-13(21-8-11)25-9-16(17,18)19/h2-8H,9H2,1H3,(H,20,23)(H,22,24). The summed E-state index contributed by atoms with van der Waals surface area (Å²) in [5, 5.41) is 5.04. The first-order chi connectivity index (χ1) is 11.8. The lowest BCUT2D eigenvalue weighted by molar-refractivity contribution is -0.154. The minimum atomic E-state index is -4.46. The fourth-order valence-corrected chi connectivity index (χ4v) is 1.84. The number of anilines is 1. The van der Waals surface area contributed by atoms with Crippen LogP contribution in [0.25, 0.3) is 0 Å². The quantitative estimate of drug-likeness (QED) is 0.866. The molecule has 1 aromatic carbocycles. The van der Waals surface area contributed by atoms with Crippen LogP contribution in [0, 0.1) is 0 Å². The number of hydrogen-bond acceptors (Lipinski definition) is 4. The molecule has 0 aliphatic heterocycles. The van der Waals surface area contributed by atoms with Crippen molar-refractivity contribution in [2.75, 3.05) is 19.0 Å². The molecule has 0 aliphatic rings. The molecule has 0 atom stereocenters. The molecule has 0 radical (unpaired) electrons. The van der Waals surface area contributed by atoms with Crippen LogP contribution in [0.15, 0.2) is 42.6 Å². The van der Waals surface area contributed by atoms with Crippen LogP contribution in [0.3, 0.4) is 0 Å². The number of carbonyl (C=O) groups is 2. The van der Waals surface area contributed by atoms with Crippen molar-refractivity contribution < 1.29 is 27.5 Å². The van der Waals surface area contributed by atoms with Crippen LogP contribution < -0.4 is 15.4 Å². The number of alkyl halides is 3. The Kier molecular flexibility index (Phi) is 5.58. The number of amides is 2. The maximum atomic E-state index is 12.1. The zero-order valence-corrected chi connectivity index (χ0v) is 13.1. The first kappa shape index (κ1) is 18.2. The number of rotatable bonds is 5. The van der Waals surface area contributed by atoms with Crippen LogP contribution in [-0.4, -0.2) is 36.6 Å². The van der Waals surface area contributed by atoms with E-state index in [2.05, 4.69) is 20.4 Å². The maximum absolute atomic E-state index is 12.1. The highest BCUT2D eigenvalue weighted by molar-refractivity contribution is 6.05. The van der Waals surface area contributed by atoms with Crippen molar-refractivity contribution in [3.8, 4) is 5.88 Å². The molecule has 2 aromatic rings. The minimum Gasteiger partial charge on any atom is -0.468 e. The number of nitrogens with one attached hydrogen (secondary N) is 2. The van der Waals surface area contributed by atoms with Gasteiger partial charge in [-0.1, -0.05) is 6.07 Å². The fraction of sp³-hybridized carbons (Fsp3) is 0.188. The van der Waals surface area contributed by atoms with Gasteiger partial charge in [-0.05, 0) is 24.3 Å². The average Bonchev–Trinajstić information content (AvgIpc) is 2.59. The molecular formula is C16H14F3N3O3. The van der Waals surface area contributed by atoms with E-state index in [1.807, 2.05) is 0 Å². The molecule has 1 aromatic heterocycles. The van der Waals surface area contributed by atoms with Gasteiger partial charge < -0.3 is 15.4 Å². The van der Waals surface area contributed by atoms with E-state index in [9.17, 15) is 22.8 Å². The highest BCUT2D eigenvalue weighted by Crippen LogP contribution is 2.17. The van der Waals surface area contributed by atoms with Crippen LogP contribution in [0.4, 0.5) is 18.9 Å². The Hall–Kier alpha value is -3.10. The lowest BCUT2D eigenvalue weighted by Crippen LogP contribution is -2.20. The Bertz CT molecular complexity index is 761. The highest BCUT2D eigenvalue weighted by Gasteiger charge is 2.28. The zero-order chi connectivity index (χ0) is 18.4. The van der Waals surface area contributed by atoms with Crippen molar-refractivity contribution >= 4 is 17.5 Å². The third-order valence-corrected chi connectivity index (χ3v) is 2.99. The lowest BCUT2D eigenvalue weighted by Gasteiger charge is -2.09. The Morgan fingerprint density at radius 3 is 2.48 bits per heavy atom. The summed E-state index contributed by atoms with van der Waals surface area (Å²) in [4.78, 5) is 27.3. The minimum absolute atomic E-state index is 0.129. The number of carbonyl (C=O) groups excluding carboxylic acids is 2. The predicted octanol–water partition coefficient (Wildman–Crippen LogP) is 2.63. The van der Waals surface area contributed by atoms with E-state index in [0.717, 1.165) is 6.20 Å². The molecule has 0 spiro atoms. The number of nitrogens with zero attached hydrogens (tertiary/aromatic N) is 1. The second kappa shape index (κ2) is 7.65. The molecule has 2 rings (SSSR count). The SMILES string of the molecule is CNC(=O)c1cccc(NC(=O)c2ccc(OCC(F)(F)F)nc2)c1. The van der Waals surface area contributed by atoms with Gasteiger partial charge in [-0.3, -0.25) is 9.59 Å². The fourth-order valence-electron chi connectivity index (χ4n) is 1.84. The normalized spacial score (nSPS) is 10.9. The summed E-state index contributed by atoms with van der Waals surface area (Å²) in [6.45, 7) is -1.46. The number of aromatic nitrogens is 1. The van der Waals surface area contributed by atoms with E-state index in [-0.39, 0.29) is 17.4 Å². The van der Waals surface area contributed by atoms with Gasteiger partial charge in [0.25, 0.3) is 11.8 Å². The first-order valence-electron chi connectivity index (χ1n) is 7.07. The van der Waals surface area contributed by atoms with E-state index in [1.165, 1.54) is 25.2 Å². The summed E-state index contributed by atoms with van der Waals surface area (Å²) in [6, 6.07) is 8.73. The van der Waals surface area contributed by atoms with Crippen LogP contribution in [0.1, 0.15) is 20.7 Å². The largest absolute Gasteiger partial charge is 0.468 e. The smallest absolute Gasteiger partial charge is 0.422 e. The Balaban J connectivity index is 2.02. The summed E-state index contributed by atoms with van der Waals surface area (Å²) >= 11 is 0. The second-order valence-corrected chi connectivity index (χ2v) is 4.90.